The maximum absolute atomic E-state index is 11.9. The van der Waals surface area contributed by atoms with Crippen molar-refractivity contribution in [3.63, 3.8) is 0 Å². The summed E-state index contributed by atoms with van der Waals surface area (Å²) in [6.45, 7) is 1.03. The van der Waals surface area contributed by atoms with Crippen LogP contribution in [-0.4, -0.2) is 15.0 Å². The molecule has 1 fully saturated rings. The normalized spacial score (nSPS) is 15.6. The van der Waals surface area contributed by atoms with Crippen molar-refractivity contribution in [2.45, 2.75) is 38.0 Å². The number of hydrogen-bond donors (Lipinski definition) is 2. The van der Waals surface area contributed by atoms with Gasteiger partial charge in [0.1, 0.15) is 0 Å². The summed E-state index contributed by atoms with van der Waals surface area (Å²) in [5, 5.41) is 0. The molecule has 106 valence electrons. The fraction of sp³-hybridized carbons (Fsp3) is 0.571. The van der Waals surface area contributed by atoms with Gasteiger partial charge in [-0.15, -0.1) is 0 Å². The molecule has 0 bridgehead atoms. The van der Waals surface area contributed by atoms with Crippen molar-refractivity contribution in [1.82, 2.24) is 4.72 Å². The van der Waals surface area contributed by atoms with Gasteiger partial charge < -0.3 is 5.73 Å². The minimum Gasteiger partial charge on any atom is -0.326 e. The van der Waals surface area contributed by atoms with E-state index in [2.05, 4.69) is 4.72 Å². The maximum Gasteiger partial charge on any atom is 0.215 e. The highest BCUT2D eigenvalue weighted by atomic mass is 32.2. The van der Waals surface area contributed by atoms with Gasteiger partial charge in [-0.25, -0.2) is 13.1 Å². The van der Waals surface area contributed by atoms with E-state index in [0.717, 1.165) is 29.9 Å². The molecule has 2 rings (SSSR count). The first-order chi connectivity index (χ1) is 9.09. The number of hydrogen-bond acceptors (Lipinski definition) is 3. The second kappa shape index (κ2) is 6.50. The molecule has 0 spiro atoms. The molecule has 1 aromatic rings. The standard InChI is InChI=1S/C14H22N2O2S/c15-10-13-5-7-14(8-6-13)11-19(17,18)16-9-1-2-12-3-4-12/h5-8,12,16H,1-4,9-11,15H2. The third-order valence-corrected chi connectivity index (χ3v) is 4.78. The van der Waals surface area contributed by atoms with Crippen LogP contribution in [0.5, 0.6) is 0 Å². The molecule has 1 aliphatic carbocycles. The van der Waals surface area contributed by atoms with Crippen LogP contribution in [-0.2, 0) is 22.3 Å². The van der Waals surface area contributed by atoms with Crippen LogP contribution >= 0.6 is 0 Å². The van der Waals surface area contributed by atoms with E-state index in [4.69, 9.17) is 5.73 Å². The minimum absolute atomic E-state index is 0.0429. The maximum atomic E-state index is 11.9. The molecule has 19 heavy (non-hydrogen) atoms. The van der Waals surface area contributed by atoms with Crippen molar-refractivity contribution < 1.29 is 8.42 Å². The Labute approximate surface area is 115 Å². The summed E-state index contributed by atoms with van der Waals surface area (Å²) in [4.78, 5) is 0. The molecule has 0 aliphatic heterocycles. The van der Waals surface area contributed by atoms with Crippen LogP contribution in [0.15, 0.2) is 24.3 Å². The highest BCUT2D eigenvalue weighted by molar-refractivity contribution is 7.88. The lowest BCUT2D eigenvalue weighted by molar-refractivity contribution is 0.572. The van der Waals surface area contributed by atoms with Gasteiger partial charge in [0.25, 0.3) is 0 Å². The van der Waals surface area contributed by atoms with Gasteiger partial charge in [0, 0.05) is 13.1 Å². The molecule has 5 heteroatoms. The third-order valence-electron chi connectivity index (χ3n) is 3.42. The molecular weight excluding hydrogens is 260 g/mol. The van der Waals surface area contributed by atoms with Crippen LogP contribution in [0.25, 0.3) is 0 Å². The molecule has 1 aliphatic rings. The van der Waals surface area contributed by atoms with Crippen LogP contribution in [0.4, 0.5) is 0 Å². The van der Waals surface area contributed by atoms with Gasteiger partial charge >= 0.3 is 0 Å². The zero-order valence-electron chi connectivity index (χ0n) is 11.1. The van der Waals surface area contributed by atoms with E-state index in [1.54, 1.807) is 0 Å². The summed E-state index contributed by atoms with van der Waals surface area (Å²) in [6, 6.07) is 7.40. The molecular formula is C14H22N2O2S. The molecule has 0 amide bonds. The van der Waals surface area contributed by atoms with Crippen LogP contribution in [0.2, 0.25) is 0 Å². The van der Waals surface area contributed by atoms with Gasteiger partial charge in [0.2, 0.25) is 10.0 Å². The Balaban J connectivity index is 1.77. The largest absolute Gasteiger partial charge is 0.326 e. The predicted octanol–water partition coefficient (Wildman–Crippen LogP) is 1.75. The van der Waals surface area contributed by atoms with Crippen molar-refractivity contribution in [1.29, 1.82) is 0 Å². The smallest absolute Gasteiger partial charge is 0.215 e. The molecule has 0 saturated heterocycles. The van der Waals surface area contributed by atoms with Gasteiger partial charge in [-0.05, 0) is 29.9 Å². The Bertz CT molecular complexity index is 493. The summed E-state index contributed by atoms with van der Waals surface area (Å²) in [6.07, 6.45) is 4.73. The average molecular weight is 282 g/mol. The lowest BCUT2D eigenvalue weighted by Crippen LogP contribution is -2.26. The number of rotatable bonds is 8. The molecule has 0 atom stereocenters. The second-order valence-electron chi connectivity index (χ2n) is 5.26. The molecule has 1 saturated carbocycles. The molecule has 0 aromatic heterocycles. The minimum atomic E-state index is -3.21. The second-order valence-corrected chi connectivity index (χ2v) is 7.07. The molecule has 3 N–H and O–H groups in total. The molecule has 0 heterocycles. The van der Waals surface area contributed by atoms with Crippen LogP contribution in [0.3, 0.4) is 0 Å². The van der Waals surface area contributed by atoms with E-state index in [-0.39, 0.29) is 5.75 Å². The Morgan fingerprint density at radius 1 is 1.16 bits per heavy atom. The monoisotopic (exact) mass is 282 g/mol. The first-order valence-corrected chi connectivity index (χ1v) is 8.49. The van der Waals surface area contributed by atoms with Gasteiger partial charge in [0.05, 0.1) is 5.75 Å². The summed E-state index contributed by atoms with van der Waals surface area (Å²) in [7, 11) is -3.21. The summed E-state index contributed by atoms with van der Waals surface area (Å²) in [5.74, 6) is 0.898. The van der Waals surface area contributed by atoms with E-state index in [1.165, 1.54) is 12.8 Å². The van der Waals surface area contributed by atoms with Gasteiger partial charge in [0.15, 0.2) is 0 Å². The van der Waals surface area contributed by atoms with Crippen molar-refractivity contribution in [2.75, 3.05) is 6.54 Å². The van der Waals surface area contributed by atoms with E-state index in [0.29, 0.717) is 13.1 Å². The third kappa shape index (κ3) is 5.30. The van der Waals surface area contributed by atoms with E-state index < -0.39 is 10.0 Å². The Kier molecular flexibility index (Phi) is 4.96. The van der Waals surface area contributed by atoms with Crippen molar-refractivity contribution in [3.8, 4) is 0 Å². The van der Waals surface area contributed by atoms with E-state index >= 15 is 0 Å². The lowest BCUT2D eigenvalue weighted by Gasteiger charge is -2.07. The zero-order valence-corrected chi connectivity index (χ0v) is 12.0. The number of sulfonamides is 1. The van der Waals surface area contributed by atoms with Crippen molar-refractivity contribution in [2.24, 2.45) is 11.7 Å². The molecule has 0 radical (unpaired) electrons. The molecule has 1 aromatic carbocycles. The Hall–Kier alpha value is -0.910. The van der Waals surface area contributed by atoms with Crippen molar-refractivity contribution >= 4 is 10.0 Å². The quantitative estimate of drug-likeness (QED) is 0.714. The fourth-order valence-electron chi connectivity index (χ4n) is 2.07. The number of benzene rings is 1. The Morgan fingerprint density at radius 3 is 2.37 bits per heavy atom. The highest BCUT2D eigenvalue weighted by Gasteiger charge is 2.20. The first kappa shape index (κ1) is 14.5. The summed E-state index contributed by atoms with van der Waals surface area (Å²) in [5.41, 5.74) is 7.32. The van der Waals surface area contributed by atoms with Crippen LogP contribution in [0, 0.1) is 5.92 Å². The molecule has 4 nitrogen and oxygen atoms in total. The highest BCUT2D eigenvalue weighted by Crippen LogP contribution is 2.33. The Morgan fingerprint density at radius 2 is 1.79 bits per heavy atom. The average Bonchev–Trinajstić information content (AvgIpc) is 3.19. The fourth-order valence-corrected chi connectivity index (χ4v) is 3.26. The SMILES string of the molecule is NCc1ccc(CS(=O)(=O)NCCCC2CC2)cc1. The van der Waals surface area contributed by atoms with Gasteiger partial charge in [-0.1, -0.05) is 37.1 Å². The molecule has 0 unspecified atom stereocenters. The predicted molar refractivity (Wildman–Crippen MR) is 76.9 cm³/mol. The lowest BCUT2D eigenvalue weighted by atomic mass is 10.1. The zero-order chi connectivity index (χ0) is 13.7. The van der Waals surface area contributed by atoms with Crippen molar-refractivity contribution in [3.05, 3.63) is 35.4 Å². The topological polar surface area (TPSA) is 72.2 Å². The first-order valence-electron chi connectivity index (χ1n) is 6.84. The van der Waals surface area contributed by atoms with Gasteiger partial charge in [-0.3, -0.25) is 0 Å². The van der Waals surface area contributed by atoms with E-state index in [1.807, 2.05) is 24.3 Å². The summed E-state index contributed by atoms with van der Waals surface area (Å²) >= 11 is 0. The van der Waals surface area contributed by atoms with Crippen LogP contribution < -0.4 is 10.5 Å². The number of nitrogens with one attached hydrogen (secondary N) is 1. The summed E-state index contributed by atoms with van der Waals surface area (Å²) < 4.78 is 26.4. The van der Waals surface area contributed by atoms with E-state index in [9.17, 15) is 8.42 Å². The number of nitrogens with two attached hydrogens (primary N) is 1. The van der Waals surface area contributed by atoms with Gasteiger partial charge in [-0.2, -0.15) is 0 Å². The van der Waals surface area contributed by atoms with Crippen LogP contribution in [0.1, 0.15) is 36.8 Å².